The maximum atomic E-state index is 5.47. The fourth-order valence-corrected chi connectivity index (χ4v) is 1.11. The molecule has 0 aliphatic rings. The Bertz CT molecular complexity index is 236. The summed E-state index contributed by atoms with van der Waals surface area (Å²) in [5.41, 5.74) is 5.47. The smallest absolute Gasteiger partial charge is 0.146 e. The highest BCUT2D eigenvalue weighted by Crippen LogP contribution is 1.96. The summed E-state index contributed by atoms with van der Waals surface area (Å²) >= 11 is 0. The van der Waals surface area contributed by atoms with Gasteiger partial charge in [0.05, 0.1) is 6.54 Å². The second-order valence-electron chi connectivity index (χ2n) is 2.70. The molecule has 0 atom stereocenters. The molecule has 0 radical (unpaired) electrons. The van der Waals surface area contributed by atoms with Gasteiger partial charge >= 0.3 is 0 Å². The lowest BCUT2D eigenvalue weighted by Gasteiger charge is -2.04. The van der Waals surface area contributed by atoms with E-state index in [-0.39, 0.29) is 0 Å². The van der Waals surface area contributed by atoms with Crippen molar-refractivity contribution >= 4 is 0 Å². The maximum absolute atomic E-state index is 5.47. The zero-order valence-electron chi connectivity index (χ0n) is 7.94. The van der Waals surface area contributed by atoms with Gasteiger partial charge in [-0.1, -0.05) is 0 Å². The molecule has 5 heteroatoms. The first-order chi connectivity index (χ1) is 6.38. The van der Waals surface area contributed by atoms with Crippen LogP contribution in [0.25, 0.3) is 0 Å². The molecule has 1 heterocycles. The van der Waals surface area contributed by atoms with Gasteiger partial charge in [0, 0.05) is 19.8 Å². The Morgan fingerprint density at radius 3 is 3.15 bits per heavy atom. The Kier molecular flexibility index (Phi) is 4.42. The molecular weight excluding hydrogens is 168 g/mol. The molecular formula is C8H16N4O. The van der Waals surface area contributed by atoms with E-state index < -0.39 is 0 Å². The molecule has 0 spiro atoms. The standard InChI is InChI=1S/C8H16N4O/c1-2-13-5-3-4-12-7-10-11-8(12)6-9/h7H,2-6,9H2,1H3. The van der Waals surface area contributed by atoms with Crippen LogP contribution in [0.1, 0.15) is 19.2 Å². The molecule has 0 aliphatic heterocycles. The van der Waals surface area contributed by atoms with E-state index in [4.69, 9.17) is 10.5 Å². The lowest BCUT2D eigenvalue weighted by atomic mass is 10.4. The summed E-state index contributed by atoms with van der Waals surface area (Å²) < 4.78 is 7.18. The molecule has 0 saturated heterocycles. The predicted molar refractivity (Wildman–Crippen MR) is 49.0 cm³/mol. The summed E-state index contributed by atoms with van der Waals surface area (Å²) in [7, 11) is 0. The first-order valence-electron chi connectivity index (χ1n) is 4.53. The number of aromatic nitrogens is 3. The average Bonchev–Trinajstić information content (AvgIpc) is 2.60. The van der Waals surface area contributed by atoms with Crippen molar-refractivity contribution in [3.63, 3.8) is 0 Å². The highest BCUT2D eigenvalue weighted by atomic mass is 16.5. The Balaban J connectivity index is 2.27. The number of hydrogen-bond donors (Lipinski definition) is 1. The normalized spacial score (nSPS) is 10.6. The second kappa shape index (κ2) is 5.66. The zero-order valence-corrected chi connectivity index (χ0v) is 7.94. The third-order valence-electron chi connectivity index (χ3n) is 1.77. The summed E-state index contributed by atoms with van der Waals surface area (Å²) in [6.45, 7) is 4.85. The molecule has 0 aromatic carbocycles. The topological polar surface area (TPSA) is 66.0 Å². The number of rotatable bonds is 6. The number of hydrogen-bond acceptors (Lipinski definition) is 4. The Labute approximate surface area is 77.9 Å². The molecule has 1 rings (SSSR count). The van der Waals surface area contributed by atoms with Crippen LogP contribution >= 0.6 is 0 Å². The molecule has 0 aliphatic carbocycles. The minimum atomic E-state index is 0.439. The van der Waals surface area contributed by atoms with Crippen molar-refractivity contribution in [1.29, 1.82) is 0 Å². The molecule has 2 N–H and O–H groups in total. The highest BCUT2D eigenvalue weighted by Gasteiger charge is 2.00. The van der Waals surface area contributed by atoms with Gasteiger partial charge in [-0.05, 0) is 13.3 Å². The molecule has 0 bridgehead atoms. The third kappa shape index (κ3) is 3.12. The van der Waals surface area contributed by atoms with Crippen LogP contribution in [-0.4, -0.2) is 28.0 Å². The zero-order chi connectivity index (χ0) is 9.52. The van der Waals surface area contributed by atoms with E-state index in [1.54, 1.807) is 6.33 Å². The summed E-state index contributed by atoms with van der Waals surface area (Å²) in [5.74, 6) is 0.830. The first-order valence-corrected chi connectivity index (χ1v) is 4.53. The molecule has 5 nitrogen and oxygen atoms in total. The minimum absolute atomic E-state index is 0.439. The molecule has 74 valence electrons. The van der Waals surface area contributed by atoms with Crippen LogP contribution in [-0.2, 0) is 17.8 Å². The van der Waals surface area contributed by atoms with Crippen molar-refractivity contribution in [2.24, 2.45) is 5.73 Å². The summed E-state index contributed by atoms with van der Waals surface area (Å²) in [6, 6.07) is 0. The van der Waals surface area contributed by atoms with E-state index in [9.17, 15) is 0 Å². The fraction of sp³-hybridized carbons (Fsp3) is 0.750. The summed E-state index contributed by atoms with van der Waals surface area (Å²) in [6.07, 6.45) is 2.67. The van der Waals surface area contributed by atoms with Crippen LogP contribution in [0.2, 0.25) is 0 Å². The van der Waals surface area contributed by atoms with Crippen LogP contribution < -0.4 is 5.73 Å². The van der Waals surface area contributed by atoms with Crippen molar-refractivity contribution in [2.75, 3.05) is 13.2 Å². The number of aryl methyl sites for hydroxylation is 1. The van der Waals surface area contributed by atoms with Gasteiger partial charge in [-0.3, -0.25) is 0 Å². The van der Waals surface area contributed by atoms with E-state index in [0.717, 1.165) is 32.0 Å². The van der Waals surface area contributed by atoms with Crippen LogP contribution in [0.15, 0.2) is 6.33 Å². The summed E-state index contributed by atoms with van der Waals surface area (Å²) in [5, 5.41) is 7.66. The van der Waals surface area contributed by atoms with Gasteiger partial charge in [-0.2, -0.15) is 0 Å². The van der Waals surface area contributed by atoms with Gasteiger partial charge in [0.15, 0.2) is 0 Å². The van der Waals surface area contributed by atoms with E-state index >= 15 is 0 Å². The van der Waals surface area contributed by atoms with Crippen LogP contribution in [0, 0.1) is 0 Å². The molecule has 0 saturated carbocycles. The van der Waals surface area contributed by atoms with Crippen molar-refractivity contribution in [2.45, 2.75) is 26.4 Å². The monoisotopic (exact) mass is 184 g/mol. The van der Waals surface area contributed by atoms with E-state index in [1.807, 2.05) is 11.5 Å². The average molecular weight is 184 g/mol. The maximum Gasteiger partial charge on any atom is 0.146 e. The first kappa shape index (κ1) is 10.1. The van der Waals surface area contributed by atoms with Gasteiger partial charge in [-0.15, -0.1) is 10.2 Å². The summed E-state index contributed by atoms with van der Waals surface area (Å²) in [4.78, 5) is 0. The van der Waals surface area contributed by atoms with Crippen molar-refractivity contribution in [3.8, 4) is 0 Å². The van der Waals surface area contributed by atoms with Crippen molar-refractivity contribution < 1.29 is 4.74 Å². The van der Waals surface area contributed by atoms with Crippen LogP contribution in [0.3, 0.4) is 0 Å². The van der Waals surface area contributed by atoms with E-state index in [1.165, 1.54) is 0 Å². The van der Waals surface area contributed by atoms with Gasteiger partial charge in [-0.25, -0.2) is 0 Å². The van der Waals surface area contributed by atoms with Crippen LogP contribution in [0.5, 0.6) is 0 Å². The van der Waals surface area contributed by atoms with Gasteiger partial charge < -0.3 is 15.0 Å². The Morgan fingerprint density at radius 2 is 2.46 bits per heavy atom. The molecule has 1 aromatic heterocycles. The predicted octanol–water partition coefficient (Wildman–Crippen LogP) is 0.163. The lowest BCUT2D eigenvalue weighted by molar-refractivity contribution is 0.141. The minimum Gasteiger partial charge on any atom is -0.382 e. The van der Waals surface area contributed by atoms with Gasteiger partial charge in [0.2, 0.25) is 0 Å². The van der Waals surface area contributed by atoms with Crippen LogP contribution in [0.4, 0.5) is 0 Å². The van der Waals surface area contributed by atoms with E-state index in [0.29, 0.717) is 6.54 Å². The highest BCUT2D eigenvalue weighted by molar-refractivity contribution is 4.83. The quantitative estimate of drug-likeness (QED) is 0.640. The molecule has 0 fully saturated rings. The van der Waals surface area contributed by atoms with Crippen molar-refractivity contribution in [3.05, 3.63) is 12.2 Å². The van der Waals surface area contributed by atoms with Gasteiger partial charge in [0.1, 0.15) is 12.2 Å². The number of nitrogens with two attached hydrogens (primary N) is 1. The third-order valence-corrected chi connectivity index (χ3v) is 1.77. The fourth-order valence-electron chi connectivity index (χ4n) is 1.11. The molecule has 0 unspecified atom stereocenters. The SMILES string of the molecule is CCOCCCn1cnnc1CN. The second-order valence-corrected chi connectivity index (χ2v) is 2.70. The Morgan fingerprint density at radius 1 is 1.62 bits per heavy atom. The van der Waals surface area contributed by atoms with E-state index in [2.05, 4.69) is 10.2 Å². The molecule has 0 amide bonds. The largest absolute Gasteiger partial charge is 0.382 e. The van der Waals surface area contributed by atoms with Gasteiger partial charge in [0.25, 0.3) is 0 Å². The van der Waals surface area contributed by atoms with Crippen molar-refractivity contribution in [1.82, 2.24) is 14.8 Å². The number of ether oxygens (including phenoxy) is 1. The molecule has 1 aromatic rings. The number of nitrogens with zero attached hydrogens (tertiary/aromatic N) is 3. The lowest BCUT2D eigenvalue weighted by Crippen LogP contribution is -2.09. The Hall–Kier alpha value is -0.940. The molecule has 13 heavy (non-hydrogen) atoms.